The first-order valence-corrected chi connectivity index (χ1v) is 8.31. The molecule has 0 saturated heterocycles. The fourth-order valence-electron chi connectivity index (χ4n) is 2.36. The van der Waals surface area contributed by atoms with Crippen molar-refractivity contribution in [2.24, 2.45) is 0 Å². The number of aromatic nitrogens is 1. The first-order valence-electron chi connectivity index (χ1n) is 7.32. The number of benzene rings is 2. The summed E-state index contributed by atoms with van der Waals surface area (Å²) >= 11 is 1.76. The molecule has 0 saturated carbocycles. The van der Waals surface area contributed by atoms with Crippen molar-refractivity contribution in [3.05, 3.63) is 66.4 Å². The zero-order valence-corrected chi connectivity index (χ0v) is 13.0. The lowest BCUT2D eigenvalue weighted by atomic mass is 10.1. The van der Waals surface area contributed by atoms with Gasteiger partial charge in [-0.2, -0.15) is 0 Å². The number of fused-ring (bicyclic) bond motifs is 1. The number of carbonyl (C=O) groups excluding carboxylic acids is 1. The SMILES string of the molecule is O=C(Cc1ccccc1)NCCSc1c[nH]c2ccccc12. The summed E-state index contributed by atoms with van der Waals surface area (Å²) in [6.45, 7) is 0.676. The molecule has 0 aliphatic heterocycles. The van der Waals surface area contributed by atoms with Gasteiger partial charge in [0.2, 0.25) is 5.91 Å². The molecule has 112 valence electrons. The van der Waals surface area contributed by atoms with E-state index >= 15 is 0 Å². The summed E-state index contributed by atoms with van der Waals surface area (Å²) < 4.78 is 0. The lowest BCUT2D eigenvalue weighted by Crippen LogP contribution is -2.27. The minimum Gasteiger partial charge on any atom is -0.360 e. The molecule has 4 heteroatoms. The molecule has 22 heavy (non-hydrogen) atoms. The molecule has 3 rings (SSSR count). The van der Waals surface area contributed by atoms with Crippen LogP contribution in [0.1, 0.15) is 5.56 Å². The van der Waals surface area contributed by atoms with Crippen LogP contribution in [0.2, 0.25) is 0 Å². The summed E-state index contributed by atoms with van der Waals surface area (Å²) in [5.74, 6) is 0.938. The molecule has 0 fully saturated rings. The summed E-state index contributed by atoms with van der Waals surface area (Å²) in [6.07, 6.45) is 2.47. The summed E-state index contributed by atoms with van der Waals surface area (Å²) in [4.78, 5) is 16.4. The number of carbonyl (C=O) groups is 1. The van der Waals surface area contributed by atoms with Crippen LogP contribution >= 0.6 is 11.8 Å². The van der Waals surface area contributed by atoms with E-state index < -0.39 is 0 Å². The predicted molar refractivity (Wildman–Crippen MR) is 92.2 cm³/mol. The van der Waals surface area contributed by atoms with E-state index in [1.54, 1.807) is 11.8 Å². The van der Waals surface area contributed by atoms with Crippen LogP contribution in [0.3, 0.4) is 0 Å². The first-order chi connectivity index (χ1) is 10.8. The highest BCUT2D eigenvalue weighted by molar-refractivity contribution is 7.99. The molecule has 1 aromatic heterocycles. The number of hydrogen-bond acceptors (Lipinski definition) is 2. The molecule has 0 spiro atoms. The van der Waals surface area contributed by atoms with Gasteiger partial charge in [0.25, 0.3) is 0 Å². The second-order valence-electron chi connectivity index (χ2n) is 5.06. The standard InChI is InChI=1S/C18H18N2OS/c21-18(12-14-6-2-1-3-7-14)19-10-11-22-17-13-20-16-9-5-4-8-15(16)17/h1-9,13,20H,10-12H2,(H,19,21). The Morgan fingerprint density at radius 3 is 2.68 bits per heavy atom. The zero-order chi connectivity index (χ0) is 15.2. The number of rotatable bonds is 6. The Bertz CT molecular complexity index is 752. The van der Waals surface area contributed by atoms with Gasteiger partial charge in [0.15, 0.2) is 0 Å². The molecule has 0 aliphatic rings. The monoisotopic (exact) mass is 310 g/mol. The lowest BCUT2D eigenvalue weighted by Gasteiger charge is -2.05. The van der Waals surface area contributed by atoms with Crippen molar-refractivity contribution in [3.63, 3.8) is 0 Å². The second kappa shape index (κ2) is 7.18. The van der Waals surface area contributed by atoms with Gasteiger partial charge in [-0.05, 0) is 11.6 Å². The third-order valence-corrected chi connectivity index (χ3v) is 4.50. The summed E-state index contributed by atoms with van der Waals surface area (Å²) in [5.41, 5.74) is 2.20. The Morgan fingerprint density at radius 1 is 1.05 bits per heavy atom. The quantitative estimate of drug-likeness (QED) is 0.539. The van der Waals surface area contributed by atoms with E-state index in [4.69, 9.17) is 0 Å². The van der Waals surface area contributed by atoms with Crippen LogP contribution in [-0.2, 0) is 11.2 Å². The Balaban J connectivity index is 1.45. The van der Waals surface area contributed by atoms with Gasteiger partial charge in [0.1, 0.15) is 0 Å². The van der Waals surface area contributed by atoms with E-state index in [0.29, 0.717) is 13.0 Å². The average molecular weight is 310 g/mol. The molecule has 2 N–H and O–H groups in total. The summed E-state index contributed by atoms with van der Waals surface area (Å²) in [5, 5.41) is 4.21. The largest absolute Gasteiger partial charge is 0.360 e. The average Bonchev–Trinajstić information content (AvgIpc) is 2.96. The van der Waals surface area contributed by atoms with Gasteiger partial charge in [-0.1, -0.05) is 48.5 Å². The third kappa shape index (κ3) is 3.71. The Kier molecular flexibility index (Phi) is 4.81. The second-order valence-corrected chi connectivity index (χ2v) is 6.20. The maximum absolute atomic E-state index is 11.9. The molecule has 2 aromatic carbocycles. The molecule has 0 atom stereocenters. The third-order valence-electron chi connectivity index (χ3n) is 3.44. The van der Waals surface area contributed by atoms with Crippen LogP contribution in [0.25, 0.3) is 10.9 Å². The number of hydrogen-bond donors (Lipinski definition) is 2. The minimum absolute atomic E-state index is 0.0747. The van der Waals surface area contributed by atoms with Crippen molar-refractivity contribution in [2.45, 2.75) is 11.3 Å². The van der Waals surface area contributed by atoms with Crippen LogP contribution in [0.15, 0.2) is 65.7 Å². The van der Waals surface area contributed by atoms with Crippen LogP contribution in [0, 0.1) is 0 Å². The molecular formula is C18H18N2OS. The van der Waals surface area contributed by atoms with Crippen LogP contribution in [0.5, 0.6) is 0 Å². The number of H-pyrrole nitrogens is 1. The Hall–Kier alpha value is -2.20. The van der Waals surface area contributed by atoms with Crippen LogP contribution in [-0.4, -0.2) is 23.2 Å². The number of thioether (sulfide) groups is 1. The lowest BCUT2D eigenvalue weighted by molar-refractivity contribution is -0.120. The van der Waals surface area contributed by atoms with E-state index in [2.05, 4.69) is 22.4 Å². The molecule has 1 amide bonds. The van der Waals surface area contributed by atoms with Gasteiger partial charge >= 0.3 is 0 Å². The Morgan fingerprint density at radius 2 is 1.82 bits per heavy atom. The molecule has 0 unspecified atom stereocenters. The smallest absolute Gasteiger partial charge is 0.224 e. The van der Waals surface area contributed by atoms with Crippen molar-refractivity contribution >= 4 is 28.6 Å². The van der Waals surface area contributed by atoms with Crippen molar-refractivity contribution in [2.75, 3.05) is 12.3 Å². The number of para-hydroxylation sites is 1. The highest BCUT2D eigenvalue weighted by atomic mass is 32.2. The number of amides is 1. The van der Waals surface area contributed by atoms with Gasteiger partial charge < -0.3 is 10.3 Å². The highest BCUT2D eigenvalue weighted by Crippen LogP contribution is 2.27. The molecule has 0 bridgehead atoms. The van der Waals surface area contributed by atoms with E-state index in [1.165, 1.54) is 10.3 Å². The molecule has 1 heterocycles. The molecule has 0 aliphatic carbocycles. The van der Waals surface area contributed by atoms with Gasteiger partial charge in [0.05, 0.1) is 6.42 Å². The summed E-state index contributed by atoms with van der Waals surface area (Å²) in [6, 6.07) is 18.1. The first kappa shape index (κ1) is 14.7. The van der Waals surface area contributed by atoms with Gasteiger partial charge in [0, 0.05) is 34.3 Å². The molecule has 3 nitrogen and oxygen atoms in total. The van der Waals surface area contributed by atoms with Gasteiger partial charge in [-0.3, -0.25) is 4.79 Å². The Labute approximate surface area is 134 Å². The topological polar surface area (TPSA) is 44.9 Å². The van der Waals surface area contributed by atoms with Crippen LogP contribution < -0.4 is 5.32 Å². The fraction of sp³-hybridized carbons (Fsp3) is 0.167. The predicted octanol–water partition coefficient (Wildman–Crippen LogP) is 3.62. The molecule has 0 radical (unpaired) electrons. The fourth-order valence-corrected chi connectivity index (χ4v) is 3.26. The van der Waals surface area contributed by atoms with E-state index in [-0.39, 0.29) is 5.91 Å². The van der Waals surface area contributed by atoms with Gasteiger partial charge in [-0.15, -0.1) is 11.8 Å². The zero-order valence-electron chi connectivity index (χ0n) is 12.2. The minimum atomic E-state index is 0.0747. The molecular weight excluding hydrogens is 292 g/mol. The van der Waals surface area contributed by atoms with E-state index in [9.17, 15) is 4.79 Å². The highest BCUT2D eigenvalue weighted by Gasteiger charge is 2.05. The van der Waals surface area contributed by atoms with Crippen molar-refractivity contribution in [1.82, 2.24) is 10.3 Å². The maximum atomic E-state index is 11.9. The van der Waals surface area contributed by atoms with Crippen molar-refractivity contribution in [1.29, 1.82) is 0 Å². The van der Waals surface area contributed by atoms with Crippen molar-refractivity contribution in [3.8, 4) is 0 Å². The van der Waals surface area contributed by atoms with E-state index in [1.807, 2.05) is 48.7 Å². The number of nitrogens with one attached hydrogen (secondary N) is 2. The van der Waals surface area contributed by atoms with E-state index in [0.717, 1.165) is 16.8 Å². The van der Waals surface area contributed by atoms with Gasteiger partial charge in [-0.25, -0.2) is 0 Å². The normalized spacial score (nSPS) is 10.7. The molecule has 3 aromatic rings. The van der Waals surface area contributed by atoms with Crippen molar-refractivity contribution < 1.29 is 4.79 Å². The van der Waals surface area contributed by atoms with Crippen LogP contribution in [0.4, 0.5) is 0 Å². The maximum Gasteiger partial charge on any atom is 0.224 e. The number of aromatic amines is 1. The summed E-state index contributed by atoms with van der Waals surface area (Å²) in [7, 11) is 0.